The maximum atomic E-state index is 11.8. The van der Waals surface area contributed by atoms with E-state index in [1.165, 1.54) is 6.92 Å². The molecule has 21 heavy (non-hydrogen) atoms. The minimum atomic E-state index is -3.60. The predicted octanol–water partition coefficient (Wildman–Crippen LogP) is 2.92. The molecule has 0 unspecified atom stereocenters. The zero-order valence-electron chi connectivity index (χ0n) is 11.9. The van der Waals surface area contributed by atoms with Gasteiger partial charge in [-0.2, -0.15) is 8.42 Å². The van der Waals surface area contributed by atoms with E-state index in [0.29, 0.717) is 17.5 Å². The van der Waals surface area contributed by atoms with Gasteiger partial charge in [-0.3, -0.25) is 4.79 Å². The monoisotopic (exact) mass is 307 g/mol. The maximum Gasteiger partial charge on any atom is 0.309 e. The van der Waals surface area contributed by atoms with Gasteiger partial charge in [-0.15, -0.1) is 0 Å². The second kappa shape index (κ2) is 6.13. The molecule has 0 heterocycles. The van der Waals surface area contributed by atoms with Crippen LogP contribution in [0.25, 0.3) is 10.8 Å². The summed E-state index contributed by atoms with van der Waals surface area (Å²) >= 11 is 0. The summed E-state index contributed by atoms with van der Waals surface area (Å²) in [7, 11) is -3.60. The molecule has 5 nitrogen and oxygen atoms in total. The van der Waals surface area contributed by atoms with Crippen LogP contribution in [0.1, 0.15) is 20.3 Å². The zero-order valence-corrected chi connectivity index (χ0v) is 12.7. The van der Waals surface area contributed by atoms with Crippen LogP contribution in [-0.2, 0) is 14.9 Å². The van der Waals surface area contributed by atoms with Crippen molar-refractivity contribution in [1.29, 1.82) is 0 Å². The van der Waals surface area contributed by atoms with E-state index in [1.54, 1.807) is 37.3 Å². The highest BCUT2D eigenvalue weighted by molar-refractivity contribution is 7.87. The van der Waals surface area contributed by atoms with Crippen LogP contribution in [-0.4, -0.2) is 20.1 Å². The van der Waals surface area contributed by atoms with Crippen molar-refractivity contribution in [2.75, 3.05) is 11.1 Å². The Hall–Kier alpha value is -2.08. The first-order valence-corrected chi connectivity index (χ1v) is 8.22. The summed E-state index contributed by atoms with van der Waals surface area (Å²) in [4.78, 5) is 11.2. The lowest BCUT2D eigenvalue weighted by atomic mass is 10.1. The molecule has 0 atom stereocenters. The largest absolute Gasteiger partial charge is 0.382 e. The lowest BCUT2D eigenvalue weighted by molar-refractivity contribution is -0.114. The van der Waals surface area contributed by atoms with Crippen molar-refractivity contribution in [1.82, 2.24) is 0 Å². The number of fused-ring (bicyclic) bond motifs is 1. The van der Waals surface area contributed by atoms with Gasteiger partial charge in [0.15, 0.2) is 5.75 Å². The molecule has 0 saturated heterocycles. The van der Waals surface area contributed by atoms with Crippen molar-refractivity contribution >= 4 is 32.5 Å². The third-order valence-electron chi connectivity index (χ3n) is 2.87. The molecule has 0 bridgehead atoms. The molecule has 2 aromatic carbocycles. The Morgan fingerprint density at radius 2 is 1.81 bits per heavy atom. The van der Waals surface area contributed by atoms with Gasteiger partial charge in [0.25, 0.3) is 0 Å². The van der Waals surface area contributed by atoms with Crippen LogP contribution in [0.5, 0.6) is 5.75 Å². The topological polar surface area (TPSA) is 72.5 Å². The molecule has 1 amide bonds. The molecule has 0 saturated carbocycles. The number of nitrogens with one attached hydrogen (secondary N) is 1. The second-order valence-corrected chi connectivity index (χ2v) is 6.37. The van der Waals surface area contributed by atoms with Crippen molar-refractivity contribution in [2.45, 2.75) is 20.3 Å². The predicted molar refractivity (Wildman–Crippen MR) is 83.0 cm³/mol. The molecule has 0 fully saturated rings. The maximum absolute atomic E-state index is 11.8. The number of amides is 1. The van der Waals surface area contributed by atoms with E-state index in [9.17, 15) is 13.2 Å². The number of hydrogen-bond acceptors (Lipinski definition) is 4. The fourth-order valence-corrected chi connectivity index (χ4v) is 3.07. The fraction of sp³-hybridized carbons (Fsp3) is 0.267. The molecule has 0 aliphatic carbocycles. The molecule has 0 aromatic heterocycles. The average molecular weight is 307 g/mol. The van der Waals surface area contributed by atoms with Gasteiger partial charge in [-0.1, -0.05) is 31.2 Å². The first-order valence-electron chi connectivity index (χ1n) is 6.64. The Morgan fingerprint density at radius 1 is 1.14 bits per heavy atom. The van der Waals surface area contributed by atoms with Crippen LogP contribution < -0.4 is 9.50 Å². The summed E-state index contributed by atoms with van der Waals surface area (Å²) in [6, 6.07) is 10.4. The zero-order chi connectivity index (χ0) is 15.5. The number of rotatable bonds is 5. The van der Waals surface area contributed by atoms with E-state index in [4.69, 9.17) is 4.18 Å². The minimum absolute atomic E-state index is 0.0330. The Bertz CT molecular complexity index is 768. The molecule has 2 rings (SSSR count). The van der Waals surface area contributed by atoms with E-state index in [1.807, 2.05) is 6.07 Å². The van der Waals surface area contributed by atoms with Crippen LogP contribution >= 0.6 is 0 Å². The van der Waals surface area contributed by atoms with Crippen molar-refractivity contribution in [3.8, 4) is 5.75 Å². The summed E-state index contributed by atoms with van der Waals surface area (Å²) in [5, 5.41) is 4.09. The smallest absolute Gasteiger partial charge is 0.309 e. The molecule has 112 valence electrons. The number of carbonyl (C=O) groups is 1. The van der Waals surface area contributed by atoms with E-state index in [2.05, 4.69) is 5.32 Å². The normalized spacial score (nSPS) is 11.3. The quantitative estimate of drug-likeness (QED) is 0.862. The van der Waals surface area contributed by atoms with Gasteiger partial charge < -0.3 is 9.50 Å². The molecular weight excluding hydrogens is 290 g/mol. The summed E-state index contributed by atoms with van der Waals surface area (Å²) in [5.74, 6) is 0.0509. The van der Waals surface area contributed by atoms with Crippen molar-refractivity contribution in [2.24, 2.45) is 0 Å². The summed E-state index contributed by atoms with van der Waals surface area (Å²) in [6.45, 7) is 3.20. The standard InChI is InChI=1S/C15H17NO4S/c1-3-10-21(18,19)20-15-9-8-14(16-11(2)17)12-6-4-5-7-13(12)15/h4-9H,3,10H2,1-2H3,(H,16,17). The molecule has 0 radical (unpaired) electrons. The lowest BCUT2D eigenvalue weighted by Crippen LogP contribution is -2.13. The SMILES string of the molecule is CCCS(=O)(=O)Oc1ccc(NC(C)=O)c2ccccc12. The number of hydrogen-bond donors (Lipinski definition) is 1. The van der Waals surface area contributed by atoms with Gasteiger partial charge in [-0.05, 0) is 18.6 Å². The molecule has 1 N–H and O–H groups in total. The molecular formula is C15H17NO4S. The number of anilines is 1. The van der Waals surface area contributed by atoms with Gasteiger partial charge in [-0.25, -0.2) is 0 Å². The van der Waals surface area contributed by atoms with Gasteiger partial charge in [0, 0.05) is 23.4 Å². The van der Waals surface area contributed by atoms with E-state index >= 15 is 0 Å². The van der Waals surface area contributed by atoms with E-state index in [0.717, 1.165) is 5.39 Å². The second-order valence-electron chi connectivity index (χ2n) is 4.68. The minimum Gasteiger partial charge on any atom is -0.382 e. The highest BCUT2D eigenvalue weighted by Gasteiger charge is 2.15. The highest BCUT2D eigenvalue weighted by atomic mass is 32.2. The van der Waals surface area contributed by atoms with Crippen molar-refractivity contribution in [3.05, 3.63) is 36.4 Å². The summed E-state index contributed by atoms with van der Waals surface area (Å²) < 4.78 is 28.8. The lowest BCUT2D eigenvalue weighted by Gasteiger charge is -2.12. The van der Waals surface area contributed by atoms with E-state index < -0.39 is 10.1 Å². The number of benzene rings is 2. The molecule has 6 heteroatoms. The third-order valence-corrected chi connectivity index (χ3v) is 4.21. The molecule has 2 aromatic rings. The summed E-state index contributed by atoms with van der Waals surface area (Å²) in [6.07, 6.45) is 0.490. The summed E-state index contributed by atoms with van der Waals surface area (Å²) in [5.41, 5.74) is 0.623. The van der Waals surface area contributed by atoms with Crippen LogP contribution in [0.3, 0.4) is 0 Å². The third kappa shape index (κ3) is 3.72. The van der Waals surface area contributed by atoms with Crippen molar-refractivity contribution < 1.29 is 17.4 Å². The fourth-order valence-electron chi connectivity index (χ4n) is 2.07. The van der Waals surface area contributed by atoms with E-state index in [-0.39, 0.29) is 17.4 Å². The Balaban J connectivity index is 2.50. The van der Waals surface area contributed by atoms with Gasteiger partial charge in [0.1, 0.15) is 0 Å². The Labute approximate surface area is 124 Å². The van der Waals surface area contributed by atoms with Crippen LogP contribution in [0.4, 0.5) is 5.69 Å². The van der Waals surface area contributed by atoms with Gasteiger partial charge in [0.05, 0.1) is 5.75 Å². The average Bonchev–Trinajstić information content (AvgIpc) is 2.41. The first kappa shape index (κ1) is 15.3. The van der Waals surface area contributed by atoms with Gasteiger partial charge in [0.2, 0.25) is 5.91 Å². The van der Waals surface area contributed by atoms with Crippen LogP contribution in [0, 0.1) is 0 Å². The van der Waals surface area contributed by atoms with Crippen molar-refractivity contribution in [3.63, 3.8) is 0 Å². The number of carbonyl (C=O) groups excluding carboxylic acids is 1. The highest BCUT2D eigenvalue weighted by Crippen LogP contribution is 2.32. The Kier molecular flexibility index (Phi) is 4.47. The van der Waals surface area contributed by atoms with Crippen LogP contribution in [0.2, 0.25) is 0 Å². The molecule has 0 spiro atoms. The molecule has 0 aliphatic rings. The van der Waals surface area contributed by atoms with Crippen LogP contribution in [0.15, 0.2) is 36.4 Å². The Morgan fingerprint density at radius 3 is 2.43 bits per heavy atom. The van der Waals surface area contributed by atoms with Gasteiger partial charge >= 0.3 is 10.1 Å². The molecule has 0 aliphatic heterocycles. The first-order chi connectivity index (χ1) is 9.93.